The van der Waals surface area contributed by atoms with Crippen LogP contribution in [0.5, 0.6) is 5.75 Å². The molecular formula is C26H30FN5O3. The van der Waals surface area contributed by atoms with Gasteiger partial charge in [-0.2, -0.15) is 0 Å². The van der Waals surface area contributed by atoms with E-state index in [1.807, 2.05) is 18.2 Å². The van der Waals surface area contributed by atoms with E-state index in [0.717, 1.165) is 26.2 Å². The van der Waals surface area contributed by atoms with Gasteiger partial charge in [0.25, 0.3) is 5.91 Å². The third-order valence-electron chi connectivity index (χ3n) is 6.91. The summed E-state index contributed by atoms with van der Waals surface area (Å²) in [4.78, 5) is 21.7. The molecule has 2 aromatic carbocycles. The van der Waals surface area contributed by atoms with E-state index in [9.17, 15) is 14.3 Å². The number of amides is 1. The lowest BCUT2D eigenvalue weighted by Crippen LogP contribution is -2.59. The summed E-state index contributed by atoms with van der Waals surface area (Å²) in [5.74, 6) is -0.0309. The van der Waals surface area contributed by atoms with Crippen LogP contribution in [0.3, 0.4) is 0 Å². The monoisotopic (exact) mass is 479 g/mol. The van der Waals surface area contributed by atoms with E-state index < -0.39 is 18.0 Å². The lowest BCUT2D eigenvalue weighted by Gasteiger charge is -2.42. The maximum absolute atomic E-state index is 13.7. The molecule has 5 rings (SSSR count). The lowest BCUT2D eigenvalue weighted by atomic mass is 10.1. The van der Waals surface area contributed by atoms with E-state index in [4.69, 9.17) is 4.74 Å². The van der Waals surface area contributed by atoms with Gasteiger partial charge in [-0.15, -0.1) is 0 Å². The Morgan fingerprint density at radius 3 is 2.57 bits per heavy atom. The molecule has 2 N–H and O–H groups in total. The molecule has 2 heterocycles. The molecule has 1 aromatic heterocycles. The molecule has 1 saturated heterocycles. The van der Waals surface area contributed by atoms with Crippen molar-refractivity contribution in [1.29, 1.82) is 0 Å². The number of nitrogens with zero attached hydrogens (tertiary/aromatic N) is 4. The van der Waals surface area contributed by atoms with Crippen LogP contribution in [0.2, 0.25) is 0 Å². The highest BCUT2D eigenvalue weighted by Gasteiger charge is 2.48. The normalized spacial score (nSPS) is 24.9. The Kier molecular flexibility index (Phi) is 6.70. The van der Waals surface area contributed by atoms with Crippen LogP contribution in [-0.2, 0) is 7.05 Å². The average Bonchev–Trinajstić information content (AvgIpc) is 3.42. The lowest BCUT2D eigenvalue weighted by molar-refractivity contribution is 0.00526. The van der Waals surface area contributed by atoms with E-state index in [1.54, 1.807) is 36.1 Å². The van der Waals surface area contributed by atoms with E-state index in [1.165, 1.54) is 17.8 Å². The Bertz CT molecular complexity index is 1150. The van der Waals surface area contributed by atoms with Gasteiger partial charge in [0.15, 0.2) is 5.82 Å². The highest BCUT2D eigenvalue weighted by Crippen LogP contribution is 2.31. The second-order valence-electron chi connectivity index (χ2n) is 9.13. The predicted octanol–water partition coefficient (Wildman–Crippen LogP) is 2.06. The number of nitrogens with one attached hydrogen (secondary N) is 1. The van der Waals surface area contributed by atoms with Crippen LogP contribution in [0.15, 0.2) is 67.0 Å². The summed E-state index contributed by atoms with van der Waals surface area (Å²) in [6.45, 7) is 3.08. The predicted molar refractivity (Wildman–Crippen MR) is 130 cm³/mol. The summed E-state index contributed by atoms with van der Waals surface area (Å²) >= 11 is 0. The molecule has 35 heavy (non-hydrogen) atoms. The molecule has 1 aliphatic carbocycles. The number of aromatic nitrogens is 2. The van der Waals surface area contributed by atoms with Gasteiger partial charge in [0, 0.05) is 63.8 Å². The van der Waals surface area contributed by atoms with Crippen molar-refractivity contribution >= 4 is 11.6 Å². The van der Waals surface area contributed by atoms with Gasteiger partial charge in [-0.1, -0.05) is 24.3 Å². The van der Waals surface area contributed by atoms with Crippen molar-refractivity contribution in [3.63, 3.8) is 0 Å². The first-order valence-corrected chi connectivity index (χ1v) is 11.9. The van der Waals surface area contributed by atoms with E-state index in [0.29, 0.717) is 18.0 Å². The molecule has 0 spiro atoms. The fraction of sp³-hybridized carbons (Fsp3) is 0.385. The zero-order chi connectivity index (χ0) is 24.4. The number of aliphatic hydroxyl groups excluding tert-OH is 1. The van der Waals surface area contributed by atoms with Crippen molar-refractivity contribution in [3.05, 3.63) is 78.6 Å². The number of aryl methyl sites for hydroxylation is 1. The van der Waals surface area contributed by atoms with E-state index >= 15 is 0 Å². The topological polar surface area (TPSA) is 82.9 Å². The number of halogens is 1. The first-order chi connectivity index (χ1) is 17.0. The third-order valence-corrected chi connectivity index (χ3v) is 6.91. The van der Waals surface area contributed by atoms with Crippen LogP contribution in [0.25, 0.3) is 0 Å². The molecule has 1 amide bonds. The summed E-state index contributed by atoms with van der Waals surface area (Å²) in [6, 6.07) is 15.5. The molecular weight excluding hydrogens is 449 g/mol. The number of aliphatic hydroxyl groups is 1. The quantitative estimate of drug-likeness (QED) is 0.563. The summed E-state index contributed by atoms with van der Waals surface area (Å²) in [6.07, 6.45) is 2.26. The average molecular weight is 480 g/mol. The van der Waals surface area contributed by atoms with Gasteiger partial charge in [0.1, 0.15) is 23.8 Å². The van der Waals surface area contributed by atoms with E-state index in [2.05, 4.69) is 32.2 Å². The van der Waals surface area contributed by atoms with Gasteiger partial charge in [-0.25, -0.2) is 9.37 Å². The minimum Gasteiger partial charge on any atom is -0.487 e. The minimum atomic E-state index is -0.854. The van der Waals surface area contributed by atoms with Crippen molar-refractivity contribution in [1.82, 2.24) is 19.8 Å². The van der Waals surface area contributed by atoms with Crippen molar-refractivity contribution in [2.24, 2.45) is 7.05 Å². The maximum Gasteiger partial charge on any atom is 0.287 e. The second-order valence-corrected chi connectivity index (χ2v) is 9.13. The van der Waals surface area contributed by atoms with Crippen molar-refractivity contribution < 1.29 is 19.0 Å². The van der Waals surface area contributed by atoms with Gasteiger partial charge in [-0.3, -0.25) is 9.69 Å². The van der Waals surface area contributed by atoms with Gasteiger partial charge >= 0.3 is 0 Å². The highest BCUT2D eigenvalue weighted by atomic mass is 19.1. The number of hydrogen-bond donors (Lipinski definition) is 2. The molecule has 0 unspecified atom stereocenters. The van der Waals surface area contributed by atoms with Gasteiger partial charge in [0.05, 0.1) is 12.1 Å². The molecule has 4 atom stereocenters. The van der Waals surface area contributed by atoms with Gasteiger partial charge < -0.3 is 24.6 Å². The fourth-order valence-corrected chi connectivity index (χ4v) is 5.17. The Balaban J connectivity index is 1.33. The zero-order valence-electron chi connectivity index (χ0n) is 19.6. The number of piperazine rings is 1. The number of rotatable bonds is 6. The number of carbonyl (C=O) groups is 1. The number of ether oxygens (including phenoxy) is 1. The number of carbonyl (C=O) groups excluding carboxylic acids is 1. The van der Waals surface area contributed by atoms with Crippen LogP contribution in [0.4, 0.5) is 10.1 Å². The number of para-hydroxylation sites is 1. The standard InChI is InChI=1S/C26H30FN5O3/c1-30-11-10-28-25(30)26(34)29-21-17-22(35-20-9-5-6-18(27)16-20)24(33)23(21)32-14-12-31(13-15-32)19-7-3-2-4-8-19/h2-11,16,21-24,33H,12-15,17H2,1H3,(H,29,34)/t21-,22-,23+,24+/m1/s1. The molecule has 3 aromatic rings. The van der Waals surface area contributed by atoms with Crippen LogP contribution in [0.1, 0.15) is 17.0 Å². The Hall–Kier alpha value is -3.43. The largest absolute Gasteiger partial charge is 0.487 e. The van der Waals surface area contributed by atoms with E-state index in [-0.39, 0.29) is 18.0 Å². The summed E-state index contributed by atoms with van der Waals surface area (Å²) in [5, 5.41) is 14.4. The first-order valence-electron chi connectivity index (χ1n) is 11.9. The number of anilines is 1. The smallest absolute Gasteiger partial charge is 0.287 e. The molecule has 9 heteroatoms. The molecule has 0 bridgehead atoms. The van der Waals surface area contributed by atoms with Crippen LogP contribution >= 0.6 is 0 Å². The first kappa shape index (κ1) is 23.3. The minimum absolute atomic E-state index is 0.297. The van der Waals surface area contributed by atoms with Crippen molar-refractivity contribution in [2.75, 3.05) is 31.1 Å². The maximum atomic E-state index is 13.7. The second kappa shape index (κ2) is 10.1. The Morgan fingerprint density at radius 1 is 1.11 bits per heavy atom. The third kappa shape index (κ3) is 5.01. The zero-order valence-corrected chi connectivity index (χ0v) is 19.6. The van der Waals surface area contributed by atoms with Crippen molar-refractivity contribution in [3.8, 4) is 5.75 Å². The van der Waals surface area contributed by atoms with Crippen LogP contribution < -0.4 is 15.0 Å². The molecule has 0 radical (unpaired) electrons. The molecule has 8 nitrogen and oxygen atoms in total. The molecule has 1 aliphatic heterocycles. The Labute approximate surface area is 203 Å². The summed E-state index contributed by atoms with van der Waals surface area (Å²) < 4.78 is 21.4. The highest BCUT2D eigenvalue weighted by molar-refractivity contribution is 5.91. The number of imidazole rings is 1. The summed E-state index contributed by atoms with van der Waals surface area (Å²) in [5.41, 5.74) is 1.17. The fourth-order valence-electron chi connectivity index (χ4n) is 5.17. The Morgan fingerprint density at radius 2 is 1.89 bits per heavy atom. The number of hydrogen-bond acceptors (Lipinski definition) is 6. The van der Waals surface area contributed by atoms with Gasteiger partial charge in [0.2, 0.25) is 0 Å². The van der Waals surface area contributed by atoms with Crippen LogP contribution in [-0.4, -0.2) is 75.9 Å². The van der Waals surface area contributed by atoms with Crippen molar-refractivity contribution in [2.45, 2.75) is 30.7 Å². The molecule has 184 valence electrons. The molecule has 2 aliphatic rings. The summed E-state index contributed by atoms with van der Waals surface area (Å²) in [7, 11) is 1.77. The van der Waals surface area contributed by atoms with Crippen LogP contribution in [0, 0.1) is 5.82 Å². The molecule has 1 saturated carbocycles. The SMILES string of the molecule is Cn1ccnc1C(=O)N[C@@H]1C[C@@H](Oc2cccc(F)c2)[C@H](O)[C@H]1N1CCN(c2ccccc2)CC1. The molecule has 2 fully saturated rings. The number of benzene rings is 2. The van der Waals surface area contributed by atoms with Gasteiger partial charge in [-0.05, 0) is 24.3 Å².